The molecule has 1 aliphatic carbocycles. The first-order chi connectivity index (χ1) is 11.3. The fraction of sp³-hybridized carbons (Fsp3) is 0.167. The second-order valence-electron chi connectivity index (χ2n) is 4.65. The van der Waals surface area contributed by atoms with E-state index in [9.17, 15) is 40.5 Å². The zero-order valence-corrected chi connectivity index (χ0v) is 11.8. The molecule has 0 bridgehead atoms. The summed E-state index contributed by atoms with van der Waals surface area (Å²) in [4.78, 5) is 40.5. The fourth-order valence-corrected chi connectivity index (χ4v) is 2.43. The minimum atomic E-state index is -1.04. The maximum absolute atomic E-state index is 11.3. The van der Waals surface area contributed by atoms with Gasteiger partial charge in [0.05, 0.1) is 30.8 Å². The van der Waals surface area contributed by atoms with Gasteiger partial charge in [-0.2, -0.15) is 0 Å². The molecule has 0 spiro atoms. The molecule has 0 atom stereocenters. The molecule has 0 fully saturated rings. The second-order valence-corrected chi connectivity index (χ2v) is 4.65. The van der Waals surface area contributed by atoms with Crippen molar-refractivity contribution >= 4 is 16.9 Å². The Balaban J connectivity index is 2.80. The molecule has 0 aromatic heterocycles. The predicted octanol–water partition coefficient (Wildman–Crippen LogP) is 2.45. The molecule has 24 heavy (non-hydrogen) atoms. The predicted molar refractivity (Wildman–Crippen MR) is 78.0 cm³/mol. The van der Waals surface area contributed by atoms with Crippen molar-refractivity contribution in [3.05, 3.63) is 81.7 Å². The van der Waals surface area contributed by atoms with Crippen molar-refractivity contribution in [1.29, 1.82) is 0 Å². The normalized spacial score (nSPS) is 14.1. The lowest BCUT2D eigenvalue weighted by molar-refractivity contribution is -0.468. The van der Waals surface area contributed by atoms with E-state index in [0.717, 1.165) is 18.2 Å². The molecule has 1 aromatic carbocycles. The Labute approximate surface area is 132 Å². The minimum absolute atomic E-state index is 0.0445. The van der Waals surface area contributed by atoms with Crippen LogP contribution < -0.4 is 0 Å². The van der Waals surface area contributed by atoms with E-state index >= 15 is 0 Å². The maximum Gasteiger partial charge on any atom is 0.354 e. The highest BCUT2D eigenvalue weighted by molar-refractivity contribution is 5.85. The molecule has 0 N–H and O–H groups in total. The number of nitro benzene ring substituents is 2. The van der Waals surface area contributed by atoms with Crippen molar-refractivity contribution < 1.29 is 19.7 Å². The molecule has 0 radical (unpaired) electrons. The van der Waals surface area contributed by atoms with Gasteiger partial charge in [-0.3, -0.25) is 40.5 Å². The molecule has 12 nitrogen and oxygen atoms in total. The van der Waals surface area contributed by atoms with Crippen LogP contribution in [-0.2, 0) is 0 Å². The first kappa shape index (κ1) is 16.7. The number of para-hydroxylation sites is 1. The van der Waals surface area contributed by atoms with Crippen molar-refractivity contribution in [2.75, 3.05) is 0 Å². The molecule has 1 aromatic rings. The third kappa shape index (κ3) is 2.79. The smallest absolute Gasteiger partial charge is 0.258 e. The van der Waals surface area contributed by atoms with Gasteiger partial charge in [0, 0.05) is 12.5 Å². The third-order valence-corrected chi connectivity index (χ3v) is 3.35. The number of benzene rings is 1. The number of nitro groups is 4. The Morgan fingerprint density at radius 3 is 2.00 bits per heavy atom. The van der Waals surface area contributed by atoms with E-state index in [1.165, 1.54) is 6.08 Å². The van der Waals surface area contributed by atoms with E-state index in [-0.39, 0.29) is 18.4 Å². The summed E-state index contributed by atoms with van der Waals surface area (Å²) in [6.45, 7) is 0. The molecule has 0 saturated carbocycles. The fourth-order valence-electron chi connectivity index (χ4n) is 2.43. The number of rotatable bonds is 5. The van der Waals surface area contributed by atoms with Crippen molar-refractivity contribution in [3.63, 3.8) is 0 Å². The molecular formula is C12H8N4O8. The van der Waals surface area contributed by atoms with Crippen LogP contribution in [0.1, 0.15) is 18.4 Å². The van der Waals surface area contributed by atoms with Gasteiger partial charge in [0.15, 0.2) is 0 Å². The van der Waals surface area contributed by atoms with E-state index in [4.69, 9.17) is 0 Å². The summed E-state index contributed by atoms with van der Waals surface area (Å²) in [7, 11) is 0. The summed E-state index contributed by atoms with van der Waals surface area (Å²) < 4.78 is 0. The van der Waals surface area contributed by atoms with Crippen LogP contribution in [0.25, 0.3) is 5.57 Å². The average molecular weight is 336 g/mol. The molecule has 0 aliphatic heterocycles. The summed E-state index contributed by atoms with van der Waals surface area (Å²) in [6, 6.07) is 3.09. The second kappa shape index (κ2) is 6.20. The standard InChI is InChI=1S/C12H8N4O8/c17-13(18)9-5-1-3-7(11(9)15(21)22)8-4-2-6-10(14(19)20)12(8)16(23)24/h1,3-5H,2,6H2. The van der Waals surface area contributed by atoms with E-state index in [0.29, 0.717) is 0 Å². The monoisotopic (exact) mass is 336 g/mol. The van der Waals surface area contributed by atoms with Crippen LogP contribution in [0.15, 0.2) is 35.7 Å². The highest BCUT2D eigenvalue weighted by Crippen LogP contribution is 2.40. The summed E-state index contributed by atoms with van der Waals surface area (Å²) >= 11 is 0. The highest BCUT2D eigenvalue weighted by Gasteiger charge is 2.40. The first-order valence-electron chi connectivity index (χ1n) is 6.40. The molecule has 2 rings (SSSR count). The van der Waals surface area contributed by atoms with Gasteiger partial charge in [0.2, 0.25) is 0 Å². The summed E-state index contributed by atoms with van der Waals surface area (Å²) in [5.74, 6) is 0. The summed E-state index contributed by atoms with van der Waals surface area (Å²) in [6.07, 6.45) is 1.07. The molecule has 124 valence electrons. The lowest BCUT2D eigenvalue weighted by atomic mass is 9.93. The SMILES string of the molecule is O=[N+]([O-])C1=C([N+](=O)[O-])C(c2cccc([N+](=O)[O-])c2[N+](=O)[O-])=CCC1. The van der Waals surface area contributed by atoms with Crippen LogP contribution in [0.5, 0.6) is 0 Å². The Morgan fingerprint density at radius 1 is 0.833 bits per heavy atom. The molecule has 0 heterocycles. The van der Waals surface area contributed by atoms with Gasteiger partial charge in [-0.15, -0.1) is 0 Å². The lowest BCUT2D eigenvalue weighted by Crippen LogP contribution is -2.15. The van der Waals surface area contributed by atoms with Gasteiger partial charge in [0.1, 0.15) is 0 Å². The van der Waals surface area contributed by atoms with Crippen LogP contribution in [0.2, 0.25) is 0 Å². The van der Waals surface area contributed by atoms with Gasteiger partial charge in [-0.1, -0.05) is 12.1 Å². The quantitative estimate of drug-likeness (QED) is 0.582. The van der Waals surface area contributed by atoms with Crippen molar-refractivity contribution in [2.24, 2.45) is 0 Å². The average Bonchev–Trinajstić information content (AvgIpc) is 2.52. The molecule has 0 amide bonds. The van der Waals surface area contributed by atoms with E-state index in [2.05, 4.69) is 0 Å². The van der Waals surface area contributed by atoms with Gasteiger partial charge in [0.25, 0.3) is 0 Å². The largest absolute Gasteiger partial charge is 0.354 e. The molecule has 1 aliphatic rings. The van der Waals surface area contributed by atoms with Crippen molar-refractivity contribution in [3.8, 4) is 0 Å². The summed E-state index contributed by atoms with van der Waals surface area (Å²) in [5.41, 5.74) is -4.16. The van der Waals surface area contributed by atoms with Crippen molar-refractivity contribution in [2.45, 2.75) is 12.8 Å². The topological polar surface area (TPSA) is 173 Å². The van der Waals surface area contributed by atoms with Crippen LogP contribution in [0.3, 0.4) is 0 Å². The Morgan fingerprint density at radius 2 is 1.50 bits per heavy atom. The molecule has 0 saturated heterocycles. The minimum Gasteiger partial charge on any atom is -0.258 e. The maximum atomic E-state index is 11.3. The summed E-state index contributed by atoms with van der Waals surface area (Å²) in [5, 5.41) is 44.5. The number of hydrogen-bond acceptors (Lipinski definition) is 8. The van der Waals surface area contributed by atoms with Gasteiger partial charge in [-0.25, -0.2) is 0 Å². The Bertz CT molecular complexity index is 841. The molecule has 0 unspecified atom stereocenters. The van der Waals surface area contributed by atoms with Crippen LogP contribution in [0, 0.1) is 40.5 Å². The Hall–Kier alpha value is -3.70. The number of hydrogen-bond donors (Lipinski definition) is 0. The van der Waals surface area contributed by atoms with Crippen LogP contribution in [0.4, 0.5) is 11.4 Å². The van der Waals surface area contributed by atoms with E-state index in [1.54, 1.807) is 0 Å². The zero-order valence-electron chi connectivity index (χ0n) is 11.8. The lowest BCUT2D eigenvalue weighted by Gasteiger charge is -2.11. The first-order valence-corrected chi connectivity index (χ1v) is 6.40. The van der Waals surface area contributed by atoms with Gasteiger partial charge >= 0.3 is 22.8 Å². The molecule has 12 heteroatoms. The van der Waals surface area contributed by atoms with Gasteiger partial charge < -0.3 is 0 Å². The third-order valence-electron chi connectivity index (χ3n) is 3.35. The number of allylic oxidation sites excluding steroid dienone is 3. The highest BCUT2D eigenvalue weighted by atomic mass is 16.6. The van der Waals surface area contributed by atoms with Gasteiger partial charge in [-0.05, 0) is 12.5 Å². The van der Waals surface area contributed by atoms with Crippen LogP contribution in [-0.4, -0.2) is 19.7 Å². The van der Waals surface area contributed by atoms with E-state index in [1.807, 2.05) is 0 Å². The molecular weight excluding hydrogens is 328 g/mol. The Kier molecular flexibility index (Phi) is 4.30. The van der Waals surface area contributed by atoms with E-state index < -0.39 is 48.0 Å². The van der Waals surface area contributed by atoms with Crippen LogP contribution >= 0.6 is 0 Å². The zero-order chi connectivity index (χ0) is 18.0. The van der Waals surface area contributed by atoms with Crippen molar-refractivity contribution in [1.82, 2.24) is 0 Å². The number of nitrogens with zero attached hydrogens (tertiary/aromatic N) is 4.